The van der Waals surface area contributed by atoms with E-state index < -0.39 is 0 Å². The summed E-state index contributed by atoms with van der Waals surface area (Å²) in [6, 6.07) is 157. The first-order valence-corrected chi connectivity index (χ1v) is 44.0. The van der Waals surface area contributed by atoms with Gasteiger partial charge in [0.1, 0.15) is 0 Å². The molecule has 0 unspecified atom stereocenters. The second kappa shape index (κ2) is 28.3. The molecule has 0 saturated heterocycles. The predicted octanol–water partition coefficient (Wildman–Crippen LogP) is 32.8. The average molecular weight is 1620 g/mol. The highest BCUT2D eigenvalue weighted by Gasteiger charge is 2.36. The number of H-pyrrole nitrogens is 3. The molecular weight excluding hydrogens is 1540 g/mol. The Kier molecular flexibility index (Phi) is 16.0. The third-order valence-electron chi connectivity index (χ3n) is 27.5. The molecule has 0 bridgehead atoms. The first-order chi connectivity index (χ1) is 62.7. The van der Waals surface area contributed by atoms with Crippen molar-refractivity contribution in [2.24, 2.45) is 0 Å². The molecular formula is C121H80N6. The van der Waals surface area contributed by atoms with E-state index in [1.54, 1.807) is 0 Å². The smallest absolute Gasteiger partial charge is 0.0553 e. The Morgan fingerprint density at radius 2 is 0.488 bits per heavy atom. The molecule has 27 aromatic rings. The average Bonchev–Trinajstić information content (AvgIpc) is 1.56. The van der Waals surface area contributed by atoms with Crippen LogP contribution in [-0.4, -0.2) is 28.7 Å². The van der Waals surface area contributed by atoms with Crippen LogP contribution in [0.3, 0.4) is 0 Å². The molecule has 6 heterocycles. The highest BCUT2D eigenvalue weighted by Crippen LogP contribution is 2.52. The molecule has 594 valence electrons. The van der Waals surface area contributed by atoms with E-state index in [1.807, 2.05) is 0 Å². The number of fused-ring (bicyclic) bond motifs is 28. The summed E-state index contributed by atoms with van der Waals surface area (Å²) >= 11 is 0. The van der Waals surface area contributed by atoms with Gasteiger partial charge in [-0.05, 0) is 219 Å². The van der Waals surface area contributed by atoms with Crippen LogP contribution < -0.4 is 0 Å². The lowest BCUT2D eigenvalue weighted by atomic mass is 9.82. The number of aromatic amines is 3. The molecule has 28 rings (SSSR count). The number of nitrogens with one attached hydrogen (secondary N) is 3. The summed E-state index contributed by atoms with van der Waals surface area (Å²) in [5, 5.41) is 25.4. The maximum absolute atomic E-state index is 3.67. The minimum absolute atomic E-state index is 0.0620. The van der Waals surface area contributed by atoms with Crippen molar-refractivity contribution in [3.8, 4) is 72.7 Å². The van der Waals surface area contributed by atoms with Crippen molar-refractivity contribution in [3.05, 3.63) is 442 Å². The van der Waals surface area contributed by atoms with Gasteiger partial charge in [0.05, 0.1) is 33.1 Å². The molecule has 0 atom stereocenters. The predicted molar refractivity (Wildman–Crippen MR) is 540 cm³/mol. The number of aromatic nitrogens is 6. The SMILES string of the molecule is CC1(C)c2ccccc2-c2ccc(-n3c4ccccc4c4c5ccccc5c(-c5ccc6c(c5)[nH]c5ccccc56)cc43)cc21.c1ccc(-c2ccc(-n3c4ccccc4c4c5ccccc5c(-c5ccc6c(c5)[nH]c5ccccc56)cc43)cc2)cc1.c1ccc2cc(-n3c4ccccc4c4c5ccccc5c(-c5ccc6c(c5)[nH]c5ccccc56)cc43)ccc2c1. The largest absolute Gasteiger partial charge is 0.354 e. The van der Waals surface area contributed by atoms with Crippen molar-refractivity contribution in [2.75, 3.05) is 0 Å². The van der Waals surface area contributed by atoms with Gasteiger partial charge in [-0.25, -0.2) is 0 Å². The molecule has 0 amide bonds. The van der Waals surface area contributed by atoms with E-state index >= 15 is 0 Å². The Balaban J connectivity index is 0.000000101. The number of benzene rings is 21. The third kappa shape index (κ3) is 11.2. The Labute approximate surface area is 731 Å². The van der Waals surface area contributed by atoms with E-state index in [1.165, 1.54) is 241 Å². The van der Waals surface area contributed by atoms with Gasteiger partial charge in [0.15, 0.2) is 0 Å². The Morgan fingerprint density at radius 3 is 0.945 bits per heavy atom. The van der Waals surface area contributed by atoms with Gasteiger partial charge in [-0.3, -0.25) is 0 Å². The monoisotopic (exact) mass is 1620 g/mol. The molecule has 6 heteroatoms. The molecule has 0 saturated carbocycles. The summed E-state index contributed by atoms with van der Waals surface area (Å²) in [4.78, 5) is 11.0. The number of hydrogen-bond acceptors (Lipinski definition) is 0. The highest BCUT2D eigenvalue weighted by atomic mass is 15.0. The molecule has 3 N–H and O–H groups in total. The quantitative estimate of drug-likeness (QED) is 0.142. The van der Waals surface area contributed by atoms with Crippen molar-refractivity contribution in [1.29, 1.82) is 0 Å². The Hall–Kier alpha value is -16.5. The van der Waals surface area contributed by atoms with Gasteiger partial charge in [0.2, 0.25) is 0 Å². The first-order valence-electron chi connectivity index (χ1n) is 44.0. The number of nitrogens with zero attached hydrogens (tertiary/aromatic N) is 3. The van der Waals surface area contributed by atoms with Gasteiger partial charge in [-0.1, -0.05) is 335 Å². The third-order valence-corrected chi connectivity index (χ3v) is 27.5. The van der Waals surface area contributed by atoms with Gasteiger partial charge in [-0.15, -0.1) is 0 Å². The van der Waals surface area contributed by atoms with Crippen molar-refractivity contribution in [3.63, 3.8) is 0 Å². The maximum atomic E-state index is 3.67. The zero-order valence-electron chi connectivity index (χ0n) is 69.8. The van der Waals surface area contributed by atoms with Crippen LogP contribution in [0.25, 0.3) is 247 Å². The molecule has 21 aromatic carbocycles. The van der Waals surface area contributed by atoms with Crippen molar-refractivity contribution >= 4 is 174 Å². The molecule has 0 spiro atoms. The normalized spacial score (nSPS) is 12.6. The molecule has 1 aliphatic rings. The summed E-state index contributed by atoms with van der Waals surface area (Å²) in [6.07, 6.45) is 0. The zero-order chi connectivity index (χ0) is 83.7. The van der Waals surface area contributed by atoms with E-state index in [4.69, 9.17) is 0 Å². The van der Waals surface area contributed by atoms with Crippen molar-refractivity contribution in [1.82, 2.24) is 28.7 Å². The number of rotatable bonds is 7. The first kappa shape index (κ1) is 72.1. The van der Waals surface area contributed by atoms with Crippen LogP contribution in [0.4, 0.5) is 0 Å². The second-order valence-electron chi connectivity index (χ2n) is 34.8. The van der Waals surface area contributed by atoms with Crippen LogP contribution in [-0.2, 0) is 5.41 Å². The van der Waals surface area contributed by atoms with Crippen LogP contribution >= 0.6 is 0 Å². The van der Waals surface area contributed by atoms with Crippen LogP contribution in [0.15, 0.2) is 431 Å². The molecule has 0 fully saturated rings. The van der Waals surface area contributed by atoms with E-state index in [-0.39, 0.29) is 5.41 Å². The summed E-state index contributed by atoms with van der Waals surface area (Å²) in [6.45, 7) is 4.72. The van der Waals surface area contributed by atoms with Crippen LogP contribution in [0, 0.1) is 0 Å². The molecule has 6 nitrogen and oxygen atoms in total. The molecule has 1 aliphatic carbocycles. The topological polar surface area (TPSA) is 62.2 Å². The minimum atomic E-state index is -0.0620. The van der Waals surface area contributed by atoms with Gasteiger partial charge in [-0.2, -0.15) is 0 Å². The molecule has 127 heavy (non-hydrogen) atoms. The fourth-order valence-electron chi connectivity index (χ4n) is 21.7. The van der Waals surface area contributed by atoms with E-state index in [0.29, 0.717) is 0 Å². The Bertz CT molecular complexity index is 9260. The van der Waals surface area contributed by atoms with Crippen LogP contribution in [0.5, 0.6) is 0 Å². The van der Waals surface area contributed by atoms with Crippen molar-refractivity contribution < 1.29 is 0 Å². The maximum Gasteiger partial charge on any atom is 0.0553 e. The van der Waals surface area contributed by atoms with Gasteiger partial charge >= 0.3 is 0 Å². The summed E-state index contributed by atoms with van der Waals surface area (Å²) in [7, 11) is 0. The lowest BCUT2D eigenvalue weighted by Crippen LogP contribution is -2.15. The lowest BCUT2D eigenvalue weighted by Gasteiger charge is -2.22. The highest BCUT2D eigenvalue weighted by molar-refractivity contribution is 6.28. The molecule has 0 aliphatic heterocycles. The van der Waals surface area contributed by atoms with E-state index in [2.05, 4.69) is 473 Å². The van der Waals surface area contributed by atoms with Crippen LogP contribution in [0.1, 0.15) is 25.0 Å². The fourth-order valence-corrected chi connectivity index (χ4v) is 21.7. The zero-order valence-corrected chi connectivity index (χ0v) is 69.8. The molecule has 0 radical (unpaired) electrons. The Morgan fingerprint density at radius 1 is 0.173 bits per heavy atom. The number of para-hydroxylation sites is 6. The standard InChI is InChI=1S/C43H30N2.C40H26N2.C38H24N2/c1-43(2)36-16-8-5-12-29(36)30-22-20-27(24-37(30)43)45-40-18-10-7-15-34(40)42-33-14-4-3-11-28(33)35(25-41(42)45)26-19-21-32-31-13-6-9-17-38(31)44-39(32)23-26;1-2-10-26(11-3-1)27-18-21-29(22-19-27)42-38-17-9-7-15-34(38)40-33-14-5-4-12-30(33)35(25-39(40)42)28-20-23-32-31-13-6-8-16-36(31)41-37(32)24-28;1-2-10-25-21-27(19-17-24(25)9-1)40-36-16-8-6-14-32(36)38-31-13-4-3-11-28(31)33(23-37(38)40)26-18-20-30-29-12-5-7-15-34(29)39-35(30)22-26/h3-25,44H,1-2H3;1-25,41H;1-23,39H. The fraction of sp³-hybridized carbons (Fsp3) is 0.0248. The second-order valence-corrected chi connectivity index (χ2v) is 34.8. The van der Waals surface area contributed by atoms with Crippen molar-refractivity contribution in [2.45, 2.75) is 19.3 Å². The summed E-state index contributed by atoms with van der Waals surface area (Å²) in [5.41, 5.74) is 33.1. The number of hydrogen-bond donors (Lipinski definition) is 3. The lowest BCUT2D eigenvalue weighted by molar-refractivity contribution is 0.660. The van der Waals surface area contributed by atoms with Gasteiger partial charge in [0.25, 0.3) is 0 Å². The van der Waals surface area contributed by atoms with Crippen LogP contribution in [0.2, 0.25) is 0 Å². The van der Waals surface area contributed by atoms with Gasteiger partial charge in [0, 0.05) is 120 Å². The van der Waals surface area contributed by atoms with Gasteiger partial charge < -0.3 is 28.7 Å². The van der Waals surface area contributed by atoms with E-state index in [0.717, 1.165) is 16.7 Å². The van der Waals surface area contributed by atoms with E-state index in [9.17, 15) is 0 Å². The summed E-state index contributed by atoms with van der Waals surface area (Å²) < 4.78 is 7.35. The minimum Gasteiger partial charge on any atom is -0.354 e. The summed E-state index contributed by atoms with van der Waals surface area (Å²) in [5.74, 6) is 0. The molecule has 6 aromatic heterocycles.